The quantitative estimate of drug-likeness (QED) is 0.557. The smallest absolute Gasteiger partial charge is 0.409 e. The Hall–Kier alpha value is -3.31. The highest BCUT2D eigenvalue weighted by Crippen LogP contribution is 2.25. The number of amides is 2. The van der Waals surface area contributed by atoms with Crippen LogP contribution in [0.1, 0.15) is 24.9 Å². The minimum Gasteiger partial charge on any atom is -0.497 e. The molecular weight excluding hydrogens is 474 g/mol. The maximum Gasteiger partial charge on any atom is 0.409 e. The molecule has 2 aromatic rings. The van der Waals surface area contributed by atoms with Gasteiger partial charge in [-0.2, -0.15) is 0 Å². The van der Waals surface area contributed by atoms with Gasteiger partial charge in [0.05, 0.1) is 31.8 Å². The molecule has 35 heavy (non-hydrogen) atoms. The fourth-order valence-electron chi connectivity index (χ4n) is 3.73. The lowest BCUT2D eigenvalue weighted by atomic mass is 10.0. The molecule has 0 spiro atoms. The molecule has 3 rings (SSSR count). The molecule has 0 bridgehead atoms. The van der Waals surface area contributed by atoms with Crippen LogP contribution in [0.5, 0.6) is 11.5 Å². The van der Waals surface area contributed by atoms with Gasteiger partial charge in [0.25, 0.3) is 0 Å². The molecule has 0 aromatic heterocycles. The van der Waals surface area contributed by atoms with E-state index in [0.29, 0.717) is 43.2 Å². The van der Waals surface area contributed by atoms with Crippen LogP contribution < -0.4 is 14.2 Å². The summed E-state index contributed by atoms with van der Waals surface area (Å²) in [6.45, 7) is 3.43. The second-order valence-electron chi connectivity index (χ2n) is 7.89. The Kier molecular flexibility index (Phi) is 8.94. The molecule has 0 aliphatic carbocycles. The van der Waals surface area contributed by atoms with Crippen LogP contribution in [0, 0.1) is 0 Å². The predicted octanol–water partition coefficient (Wildman–Crippen LogP) is 2.41. The van der Waals surface area contributed by atoms with Crippen molar-refractivity contribution in [2.75, 3.05) is 47.0 Å². The zero-order chi connectivity index (χ0) is 25.4. The van der Waals surface area contributed by atoms with E-state index in [1.165, 1.54) is 19.2 Å². The maximum atomic E-state index is 13.1. The second-order valence-corrected chi connectivity index (χ2v) is 9.61. The number of ether oxygens (including phenoxy) is 3. The van der Waals surface area contributed by atoms with E-state index in [0.717, 1.165) is 0 Å². The van der Waals surface area contributed by atoms with E-state index in [1.807, 2.05) is 0 Å². The number of rotatable bonds is 9. The summed E-state index contributed by atoms with van der Waals surface area (Å²) < 4.78 is 44.2. The van der Waals surface area contributed by atoms with Gasteiger partial charge in [-0.3, -0.25) is 4.79 Å². The van der Waals surface area contributed by atoms with Gasteiger partial charge < -0.3 is 24.0 Å². The number of hydrogen-bond donors (Lipinski definition) is 1. The van der Waals surface area contributed by atoms with E-state index >= 15 is 0 Å². The van der Waals surface area contributed by atoms with Crippen molar-refractivity contribution in [1.82, 2.24) is 14.5 Å². The first-order valence-corrected chi connectivity index (χ1v) is 12.8. The highest BCUT2D eigenvalue weighted by Gasteiger charge is 2.29. The predicted molar refractivity (Wildman–Crippen MR) is 129 cm³/mol. The average molecular weight is 506 g/mol. The maximum absolute atomic E-state index is 13.1. The van der Waals surface area contributed by atoms with E-state index in [-0.39, 0.29) is 23.8 Å². The number of hydrogen-bond acceptors (Lipinski definition) is 7. The normalized spacial score (nSPS) is 14.8. The number of carbonyl (C=O) groups is 2. The van der Waals surface area contributed by atoms with Gasteiger partial charge in [0.15, 0.2) is 0 Å². The first kappa shape index (κ1) is 26.3. The third-order valence-corrected chi connectivity index (χ3v) is 7.21. The Bertz CT molecular complexity index is 1100. The Balaban J connectivity index is 1.76. The molecule has 1 heterocycles. The summed E-state index contributed by atoms with van der Waals surface area (Å²) in [5.74, 6) is 0.937. The van der Waals surface area contributed by atoms with Crippen LogP contribution in [0.4, 0.5) is 4.79 Å². The lowest BCUT2D eigenvalue weighted by Crippen LogP contribution is -2.51. The summed E-state index contributed by atoms with van der Waals surface area (Å²) in [5.41, 5.74) is 0.626. The number of piperazine rings is 1. The Morgan fingerprint density at radius 3 is 1.91 bits per heavy atom. The lowest BCUT2D eigenvalue weighted by molar-refractivity contribution is -0.133. The van der Waals surface area contributed by atoms with Gasteiger partial charge in [-0.15, -0.1) is 0 Å². The molecule has 1 saturated heterocycles. The van der Waals surface area contributed by atoms with Crippen molar-refractivity contribution in [3.63, 3.8) is 0 Å². The molecule has 10 nitrogen and oxygen atoms in total. The number of sulfonamides is 1. The van der Waals surface area contributed by atoms with Crippen molar-refractivity contribution in [2.24, 2.45) is 0 Å². The van der Waals surface area contributed by atoms with Crippen LogP contribution in [0.15, 0.2) is 53.4 Å². The zero-order valence-corrected chi connectivity index (χ0v) is 20.9. The number of benzene rings is 2. The molecular formula is C24H31N3O7S. The molecule has 1 atom stereocenters. The van der Waals surface area contributed by atoms with Crippen molar-refractivity contribution in [1.29, 1.82) is 0 Å². The Labute approximate surface area is 205 Å². The molecule has 2 amide bonds. The van der Waals surface area contributed by atoms with E-state index in [4.69, 9.17) is 14.2 Å². The Morgan fingerprint density at radius 1 is 0.886 bits per heavy atom. The van der Waals surface area contributed by atoms with Crippen molar-refractivity contribution in [3.05, 3.63) is 54.1 Å². The fourth-order valence-corrected chi connectivity index (χ4v) is 4.96. The molecule has 11 heteroatoms. The second kappa shape index (κ2) is 11.9. The lowest BCUT2D eigenvalue weighted by Gasteiger charge is -2.34. The highest BCUT2D eigenvalue weighted by molar-refractivity contribution is 7.89. The molecule has 0 radical (unpaired) electrons. The van der Waals surface area contributed by atoms with Gasteiger partial charge in [0, 0.05) is 32.6 Å². The summed E-state index contributed by atoms with van der Waals surface area (Å²) >= 11 is 0. The molecule has 2 aromatic carbocycles. The number of methoxy groups -OCH3 is 2. The summed E-state index contributed by atoms with van der Waals surface area (Å²) in [4.78, 5) is 28.3. The average Bonchev–Trinajstić information content (AvgIpc) is 2.88. The number of nitrogens with zero attached hydrogens (tertiary/aromatic N) is 2. The third-order valence-electron chi connectivity index (χ3n) is 5.72. The molecule has 1 aliphatic heterocycles. The van der Waals surface area contributed by atoms with Crippen LogP contribution in [0.25, 0.3) is 0 Å². The molecule has 0 saturated carbocycles. The first-order chi connectivity index (χ1) is 16.8. The van der Waals surface area contributed by atoms with Crippen LogP contribution >= 0.6 is 0 Å². The SMILES string of the molecule is CCOC(=O)N1CCN(C(=O)CC(NS(=O)(=O)c2ccc(OC)cc2)c2ccc(OC)cc2)CC1. The van der Waals surface area contributed by atoms with Gasteiger partial charge in [0.2, 0.25) is 15.9 Å². The molecule has 1 N–H and O–H groups in total. The monoisotopic (exact) mass is 505 g/mol. The van der Waals surface area contributed by atoms with Gasteiger partial charge in [-0.25, -0.2) is 17.9 Å². The molecule has 190 valence electrons. The van der Waals surface area contributed by atoms with Crippen LogP contribution in [-0.4, -0.2) is 77.2 Å². The van der Waals surface area contributed by atoms with Gasteiger partial charge in [-0.05, 0) is 48.9 Å². The van der Waals surface area contributed by atoms with E-state index in [9.17, 15) is 18.0 Å². The van der Waals surface area contributed by atoms with Crippen LogP contribution in [0.2, 0.25) is 0 Å². The third kappa shape index (κ3) is 6.86. The summed E-state index contributed by atoms with van der Waals surface area (Å²) in [6, 6.07) is 12.1. The standard InChI is InChI=1S/C24H31N3O7S/c1-4-34-24(29)27-15-13-26(14-16-27)23(28)17-22(18-5-7-19(32-2)8-6-18)25-35(30,31)21-11-9-20(33-3)10-12-21/h5-12,22,25H,4,13-17H2,1-3H3. The summed E-state index contributed by atoms with van der Waals surface area (Å²) in [5, 5.41) is 0. The minimum absolute atomic E-state index is 0.0623. The van der Waals surface area contributed by atoms with Crippen molar-refractivity contribution in [3.8, 4) is 11.5 Å². The van der Waals surface area contributed by atoms with Crippen molar-refractivity contribution in [2.45, 2.75) is 24.3 Å². The molecule has 1 aliphatic rings. The number of nitrogens with one attached hydrogen (secondary N) is 1. The summed E-state index contributed by atoms with van der Waals surface area (Å²) in [7, 11) is -0.888. The summed E-state index contributed by atoms with van der Waals surface area (Å²) in [6.07, 6.45) is -0.482. The van der Waals surface area contributed by atoms with Crippen LogP contribution in [-0.2, 0) is 19.6 Å². The zero-order valence-electron chi connectivity index (χ0n) is 20.1. The number of carbonyl (C=O) groups excluding carboxylic acids is 2. The Morgan fingerprint density at radius 2 is 1.40 bits per heavy atom. The van der Waals surface area contributed by atoms with E-state index in [1.54, 1.807) is 60.2 Å². The van der Waals surface area contributed by atoms with Crippen molar-refractivity contribution < 1.29 is 32.2 Å². The van der Waals surface area contributed by atoms with Crippen molar-refractivity contribution >= 4 is 22.0 Å². The molecule has 1 fully saturated rings. The first-order valence-electron chi connectivity index (χ1n) is 11.3. The van der Waals surface area contributed by atoms with Gasteiger partial charge in [-0.1, -0.05) is 12.1 Å². The largest absolute Gasteiger partial charge is 0.497 e. The fraction of sp³-hybridized carbons (Fsp3) is 0.417. The van der Waals surface area contributed by atoms with E-state index < -0.39 is 22.2 Å². The minimum atomic E-state index is -3.93. The van der Waals surface area contributed by atoms with Crippen LogP contribution in [0.3, 0.4) is 0 Å². The topological polar surface area (TPSA) is 114 Å². The van der Waals surface area contributed by atoms with E-state index in [2.05, 4.69) is 4.72 Å². The highest BCUT2D eigenvalue weighted by atomic mass is 32.2. The van der Waals surface area contributed by atoms with Gasteiger partial charge in [0.1, 0.15) is 11.5 Å². The molecule has 1 unspecified atom stereocenters. The van der Waals surface area contributed by atoms with Gasteiger partial charge >= 0.3 is 6.09 Å².